The van der Waals surface area contributed by atoms with E-state index in [1.807, 2.05) is 10.3 Å². The van der Waals surface area contributed by atoms with Gasteiger partial charge in [-0.15, -0.1) is 11.3 Å². The highest BCUT2D eigenvalue weighted by molar-refractivity contribution is 7.15. The Morgan fingerprint density at radius 3 is 2.57 bits per heavy atom. The smallest absolute Gasteiger partial charge is 0.258 e. The maximum absolute atomic E-state index is 12.6. The van der Waals surface area contributed by atoms with Crippen LogP contribution in [-0.2, 0) is 17.8 Å². The Bertz CT molecular complexity index is 1060. The quantitative estimate of drug-likeness (QED) is 0.610. The number of fused-ring (bicyclic) bond motifs is 1. The number of carbonyl (C=O) groups is 1. The fraction of sp³-hybridized carbons (Fsp3) is 0.435. The van der Waals surface area contributed by atoms with Crippen LogP contribution in [0.2, 0.25) is 0 Å². The Morgan fingerprint density at radius 1 is 1.13 bits per heavy atom. The number of amides is 1. The molecule has 0 spiro atoms. The van der Waals surface area contributed by atoms with Gasteiger partial charge in [-0.2, -0.15) is 0 Å². The van der Waals surface area contributed by atoms with E-state index < -0.39 is 0 Å². The first kappa shape index (κ1) is 20.8. The molecule has 0 unspecified atom stereocenters. The van der Waals surface area contributed by atoms with Crippen LogP contribution >= 0.6 is 11.3 Å². The van der Waals surface area contributed by atoms with Crippen LogP contribution in [0.15, 0.2) is 46.7 Å². The lowest BCUT2D eigenvalue weighted by Crippen LogP contribution is -2.48. The van der Waals surface area contributed by atoms with E-state index in [0.717, 1.165) is 43.3 Å². The van der Waals surface area contributed by atoms with Gasteiger partial charge in [-0.1, -0.05) is 38.1 Å². The molecule has 0 N–H and O–H groups in total. The van der Waals surface area contributed by atoms with E-state index in [1.165, 1.54) is 22.5 Å². The highest BCUT2D eigenvalue weighted by Crippen LogP contribution is 2.16. The third-order valence-corrected chi connectivity index (χ3v) is 6.50. The van der Waals surface area contributed by atoms with Gasteiger partial charge in [0.15, 0.2) is 4.96 Å². The van der Waals surface area contributed by atoms with Crippen molar-refractivity contribution >= 4 is 22.2 Å². The first-order valence-corrected chi connectivity index (χ1v) is 11.4. The molecule has 1 saturated heterocycles. The van der Waals surface area contributed by atoms with E-state index in [2.05, 4.69) is 48.0 Å². The molecule has 30 heavy (non-hydrogen) atoms. The molecular weight excluding hydrogens is 396 g/mol. The van der Waals surface area contributed by atoms with Crippen molar-refractivity contribution in [3.8, 4) is 0 Å². The van der Waals surface area contributed by atoms with Crippen LogP contribution in [0, 0.1) is 0 Å². The van der Waals surface area contributed by atoms with E-state index >= 15 is 0 Å². The summed E-state index contributed by atoms with van der Waals surface area (Å²) in [6.07, 6.45) is 3.09. The number of piperazine rings is 1. The van der Waals surface area contributed by atoms with Gasteiger partial charge in [0.1, 0.15) is 0 Å². The molecule has 0 aliphatic carbocycles. The van der Waals surface area contributed by atoms with Gasteiger partial charge in [0.25, 0.3) is 5.56 Å². The van der Waals surface area contributed by atoms with E-state index in [4.69, 9.17) is 0 Å². The van der Waals surface area contributed by atoms with Crippen molar-refractivity contribution < 1.29 is 4.79 Å². The largest absolute Gasteiger partial charge is 0.340 e. The zero-order chi connectivity index (χ0) is 21.1. The van der Waals surface area contributed by atoms with Crippen LogP contribution in [0.3, 0.4) is 0 Å². The predicted molar refractivity (Wildman–Crippen MR) is 120 cm³/mol. The van der Waals surface area contributed by atoms with Crippen molar-refractivity contribution in [3.05, 3.63) is 69.1 Å². The monoisotopic (exact) mass is 424 g/mol. The number of carbonyl (C=O) groups excluding carboxylic acids is 1. The summed E-state index contributed by atoms with van der Waals surface area (Å²) in [5, 5.41) is 1.87. The van der Waals surface area contributed by atoms with Crippen molar-refractivity contribution in [3.63, 3.8) is 0 Å². The Balaban J connectivity index is 1.26. The highest BCUT2D eigenvalue weighted by atomic mass is 32.1. The maximum Gasteiger partial charge on any atom is 0.258 e. The molecule has 1 aromatic carbocycles. The Kier molecular flexibility index (Phi) is 6.29. The Labute approximate surface area is 180 Å². The fourth-order valence-corrected chi connectivity index (χ4v) is 4.57. The molecule has 1 aliphatic rings. The van der Waals surface area contributed by atoms with Crippen LogP contribution in [-0.4, -0.2) is 51.3 Å². The van der Waals surface area contributed by atoms with Gasteiger partial charge in [0.2, 0.25) is 5.91 Å². The molecule has 1 fully saturated rings. The summed E-state index contributed by atoms with van der Waals surface area (Å²) in [5.74, 6) is 0.748. The van der Waals surface area contributed by atoms with Crippen LogP contribution in [0.1, 0.15) is 43.0 Å². The second-order valence-electron chi connectivity index (χ2n) is 8.19. The topological polar surface area (TPSA) is 57.9 Å². The lowest BCUT2D eigenvalue weighted by Gasteiger charge is -2.34. The molecule has 0 radical (unpaired) electrons. The second-order valence-corrected chi connectivity index (χ2v) is 9.07. The Morgan fingerprint density at radius 2 is 1.87 bits per heavy atom. The summed E-state index contributed by atoms with van der Waals surface area (Å²) < 4.78 is 1.57. The van der Waals surface area contributed by atoms with Gasteiger partial charge in [0, 0.05) is 56.8 Å². The zero-order valence-corrected chi connectivity index (χ0v) is 18.4. The predicted octanol–water partition coefficient (Wildman–Crippen LogP) is 3.16. The molecule has 4 rings (SSSR count). The molecule has 3 heterocycles. The molecule has 6 nitrogen and oxygen atoms in total. The summed E-state index contributed by atoms with van der Waals surface area (Å²) in [4.78, 5) is 34.3. The van der Waals surface area contributed by atoms with Crippen molar-refractivity contribution in [1.82, 2.24) is 19.2 Å². The molecule has 0 bridgehead atoms. The fourth-order valence-electron chi connectivity index (χ4n) is 3.83. The van der Waals surface area contributed by atoms with Crippen molar-refractivity contribution in [1.29, 1.82) is 0 Å². The standard InChI is InChI=1S/C23H28N4O2S/c1-17(2)19-6-3-18(4-7-19)5-8-21(28)26-11-9-25(10-12-26)16-20-15-22(29)27-13-14-30-23(27)24-20/h3-4,6-7,13-15,17H,5,8-12,16H2,1-2H3. The molecule has 1 amide bonds. The van der Waals surface area contributed by atoms with Crippen LogP contribution < -0.4 is 5.56 Å². The molecule has 158 valence electrons. The van der Waals surface area contributed by atoms with E-state index in [-0.39, 0.29) is 11.5 Å². The average Bonchev–Trinajstić information content (AvgIpc) is 3.22. The number of rotatable bonds is 6. The molecular formula is C23H28N4O2S. The van der Waals surface area contributed by atoms with Crippen LogP contribution in [0.25, 0.3) is 4.96 Å². The highest BCUT2D eigenvalue weighted by Gasteiger charge is 2.21. The number of hydrogen-bond donors (Lipinski definition) is 0. The number of hydrogen-bond acceptors (Lipinski definition) is 5. The first-order valence-electron chi connectivity index (χ1n) is 10.5. The van der Waals surface area contributed by atoms with Crippen molar-refractivity contribution in [2.45, 2.75) is 39.2 Å². The van der Waals surface area contributed by atoms with Crippen molar-refractivity contribution in [2.75, 3.05) is 26.2 Å². The van der Waals surface area contributed by atoms with E-state index in [9.17, 15) is 9.59 Å². The minimum Gasteiger partial charge on any atom is -0.340 e. The van der Waals surface area contributed by atoms with Crippen LogP contribution in [0.5, 0.6) is 0 Å². The molecule has 3 aromatic rings. The lowest BCUT2D eigenvalue weighted by atomic mass is 10.00. The van der Waals surface area contributed by atoms with Gasteiger partial charge in [-0.25, -0.2) is 4.98 Å². The number of aryl methyl sites for hydroxylation is 1. The minimum absolute atomic E-state index is 0.0357. The lowest BCUT2D eigenvalue weighted by molar-refractivity contribution is -0.133. The maximum atomic E-state index is 12.6. The van der Waals surface area contributed by atoms with E-state index in [0.29, 0.717) is 18.9 Å². The average molecular weight is 425 g/mol. The van der Waals surface area contributed by atoms with E-state index in [1.54, 1.807) is 16.7 Å². The van der Waals surface area contributed by atoms with Gasteiger partial charge >= 0.3 is 0 Å². The summed E-state index contributed by atoms with van der Waals surface area (Å²) >= 11 is 1.47. The summed E-state index contributed by atoms with van der Waals surface area (Å²) in [5.41, 5.74) is 3.31. The number of aromatic nitrogens is 2. The van der Waals surface area contributed by atoms with Crippen LogP contribution in [0.4, 0.5) is 0 Å². The molecule has 0 saturated carbocycles. The van der Waals surface area contributed by atoms with Gasteiger partial charge in [-0.05, 0) is 23.5 Å². The summed E-state index contributed by atoms with van der Waals surface area (Å²) in [6, 6.07) is 10.2. The molecule has 1 aliphatic heterocycles. The number of thiazole rings is 1. The molecule has 0 atom stereocenters. The van der Waals surface area contributed by atoms with Gasteiger partial charge < -0.3 is 4.90 Å². The van der Waals surface area contributed by atoms with Gasteiger partial charge in [-0.3, -0.25) is 18.9 Å². The summed E-state index contributed by atoms with van der Waals surface area (Å²) in [6.45, 7) is 8.09. The number of nitrogens with zero attached hydrogens (tertiary/aromatic N) is 4. The molecule has 7 heteroatoms. The van der Waals surface area contributed by atoms with Crippen molar-refractivity contribution in [2.24, 2.45) is 0 Å². The normalized spacial score (nSPS) is 15.2. The third kappa shape index (κ3) is 4.79. The minimum atomic E-state index is -0.0357. The molecule has 2 aromatic heterocycles. The second kappa shape index (κ2) is 9.10. The zero-order valence-electron chi connectivity index (χ0n) is 17.6. The SMILES string of the molecule is CC(C)c1ccc(CCC(=O)N2CCN(Cc3cc(=O)n4ccsc4n3)CC2)cc1. The first-order chi connectivity index (χ1) is 14.5. The number of benzene rings is 1. The summed E-state index contributed by atoms with van der Waals surface area (Å²) in [7, 11) is 0. The van der Waals surface area contributed by atoms with Gasteiger partial charge in [0.05, 0.1) is 5.69 Å². The third-order valence-electron chi connectivity index (χ3n) is 5.74. The Hall–Kier alpha value is -2.51.